The van der Waals surface area contributed by atoms with Gasteiger partial charge in [-0.2, -0.15) is 28.6 Å². The topological polar surface area (TPSA) is 70.7 Å². The molecule has 1 aromatic heterocycles. The highest BCUT2D eigenvalue weighted by Gasteiger charge is 2.33. The first-order chi connectivity index (χ1) is 8.89. The number of alkyl halides is 3. The smallest absolute Gasteiger partial charge is 0.320 e. The van der Waals surface area contributed by atoms with Crippen molar-refractivity contribution in [1.29, 1.82) is 0 Å². The van der Waals surface area contributed by atoms with Crippen molar-refractivity contribution in [3.63, 3.8) is 0 Å². The van der Waals surface area contributed by atoms with E-state index < -0.39 is 17.6 Å². The molecular formula is C11H9F3N4O. The zero-order valence-corrected chi connectivity index (χ0v) is 9.75. The number of carbonyl (C=O) groups excluding carboxylic acids is 1. The lowest BCUT2D eigenvalue weighted by Gasteiger charge is -2.12. The van der Waals surface area contributed by atoms with Crippen LogP contribution in [0.4, 0.5) is 18.9 Å². The van der Waals surface area contributed by atoms with Crippen molar-refractivity contribution in [2.45, 2.75) is 13.1 Å². The fraction of sp³-hybridized carbons (Fsp3) is 0.182. The van der Waals surface area contributed by atoms with Crippen LogP contribution in [0.2, 0.25) is 0 Å². The van der Waals surface area contributed by atoms with E-state index in [0.717, 1.165) is 6.07 Å². The quantitative estimate of drug-likeness (QED) is 0.880. The Hall–Kier alpha value is -2.38. The molecule has 1 aromatic carbocycles. The van der Waals surface area contributed by atoms with E-state index in [1.54, 1.807) is 0 Å². The van der Waals surface area contributed by atoms with E-state index in [-0.39, 0.29) is 11.4 Å². The molecule has 0 fully saturated rings. The maximum absolute atomic E-state index is 12.7. The zero-order chi connectivity index (χ0) is 14.0. The summed E-state index contributed by atoms with van der Waals surface area (Å²) in [5, 5.41) is 11.6. The first-order valence-electron chi connectivity index (χ1n) is 5.24. The second kappa shape index (κ2) is 4.71. The Morgan fingerprint density at radius 2 is 1.95 bits per heavy atom. The number of H-pyrrole nitrogens is 1. The van der Waals surface area contributed by atoms with Gasteiger partial charge in [-0.3, -0.25) is 4.79 Å². The minimum Gasteiger partial charge on any atom is -0.320 e. The van der Waals surface area contributed by atoms with E-state index >= 15 is 0 Å². The van der Waals surface area contributed by atoms with Crippen LogP contribution in [0, 0.1) is 6.92 Å². The fourth-order valence-electron chi connectivity index (χ4n) is 1.52. The molecule has 0 bridgehead atoms. The largest absolute Gasteiger partial charge is 0.418 e. The maximum atomic E-state index is 12.7. The van der Waals surface area contributed by atoms with Crippen LogP contribution in [-0.4, -0.2) is 21.3 Å². The molecule has 0 atom stereocenters. The van der Waals surface area contributed by atoms with E-state index in [9.17, 15) is 18.0 Å². The second-order valence-corrected chi connectivity index (χ2v) is 3.76. The first-order valence-corrected chi connectivity index (χ1v) is 5.24. The molecular weight excluding hydrogens is 261 g/mol. The number of rotatable bonds is 2. The average molecular weight is 270 g/mol. The Bertz CT molecular complexity index is 606. The Labute approximate surface area is 105 Å². The van der Waals surface area contributed by atoms with Crippen molar-refractivity contribution >= 4 is 11.6 Å². The van der Waals surface area contributed by atoms with Crippen LogP contribution in [0.5, 0.6) is 0 Å². The fourth-order valence-corrected chi connectivity index (χ4v) is 1.52. The van der Waals surface area contributed by atoms with Crippen LogP contribution >= 0.6 is 0 Å². The van der Waals surface area contributed by atoms with Crippen molar-refractivity contribution in [3.8, 4) is 0 Å². The first kappa shape index (κ1) is 13.1. The van der Waals surface area contributed by atoms with Gasteiger partial charge in [0.2, 0.25) is 0 Å². The van der Waals surface area contributed by atoms with Gasteiger partial charge in [-0.05, 0) is 19.1 Å². The lowest BCUT2D eigenvalue weighted by molar-refractivity contribution is -0.136. The lowest BCUT2D eigenvalue weighted by Crippen LogP contribution is -2.17. The molecule has 0 aliphatic carbocycles. The van der Waals surface area contributed by atoms with Crippen molar-refractivity contribution < 1.29 is 18.0 Å². The number of para-hydroxylation sites is 1. The van der Waals surface area contributed by atoms with Crippen LogP contribution in [0.25, 0.3) is 0 Å². The molecule has 0 radical (unpaired) electrons. The van der Waals surface area contributed by atoms with E-state index in [1.165, 1.54) is 25.1 Å². The summed E-state index contributed by atoms with van der Waals surface area (Å²) in [5.41, 5.74) is -0.967. The predicted octanol–water partition coefficient (Wildman–Crippen LogP) is 2.38. The lowest BCUT2D eigenvalue weighted by atomic mass is 10.1. The van der Waals surface area contributed by atoms with E-state index in [1.807, 2.05) is 0 Å². The molecule has 0 aliphatic heterocycles. The predicted molar refractivity (Wildman–Crippen MR) is 60.5 cm³/mol. The van der Waals surface area contributed by atoms with Gasteiger partial charge in [0.05, 0.1) is 16.9 Å². The van der Waals surface area contributed by atoms with Gasteiger partial charge in [0.1, 0.15) is 0 Å². The molecule has 0 saturated heterocycles. The van der Waals surface area contributed by atoms with Gasteiger partial charge in [0.25, 0.3) is 5.91 Å². The summed E-state index contributed by atoms with van der Waals surface area (Å²) in [5.74, 6) is -0.747. The number of hydrogen-bond donors (Lipinski definition) is 2. The molecule has 5 nitrogen and oxygen atoms in total. The summed E-state index contributed by atoms with van der Waals surface area (Å²) >= 11 is 0. The van der Waals surface area contributed by atoms with Crippen molar-refractivity contribution in [3.05, 3.63) is 41.2 Å². The number of aromatic nitrogens is 3. The molecule has 0 spiro atoms. The molecule has 0 aliphatic rings. The van der Waals surface area contributed by atoms with Gasteiger partial charge < -0.3 is 5.32 Å². The highest BCUT2D eigenvalue weighted by atomic mass is 19.4. The Morgan fingerprint density at radius 1 is 1.26 bits per heavy atom. The number of nitrogens with one attached hydrogen (secondary N) is 2. The molecule has 0 unspecified atom stereocenters. The third-order valence-electron chi connectivity index (χ3n) is 2.42. The standard InChI is InChI=1S/C11H9F3N4O/c1-6-9(17-18-16-6)10(19)15-8-5-3-2-4-7(8)11(12,13)14/h2-5H,1H3,(H,15,19)(H,16,17,18). The number of nitrogens with zero attached hydrogens (tertiary/aromatic N) is 2. The second-order valence-electron chi connectivity index (χ2n) is 3.76. The summed E-state index contributed by atoms with van der Waals surface area (Å²) in [6.07, 6.45) is -4.54. The monoisotopic (exact) mass is 270 g/mol. The van der Waals surface area contributed by atoms with Crippen LogP contribution in [-0.2, 0) is 6.18 Å². The number of aromatic amines is 1. The number of halogens is 3. The highest BCUT2D eigenvalue weighted by Crippen LogP contribution is 2.34. The van der Waals surface area contributed by atoms with Crippen LogP contribution in [0.3, 0.4) is 0 Å². The van der Waals surface area contributed by atoms with E-state index in [0.29, 0.717) is 5.69 Å². The number of carbonyl (C=O) groups is 1. The van der Waals surface area contributed by atoms with Gasteiger partial charge in [-0.1, -0.05) is 12.1 Å². The van der Waals surface area contributed by atoms with E-state index in [4.69, 9.17) is 0 Å². The average Bonchev–Trinajstić information content (AvgIpc) is 2.75. The minimum atomic E-state index is -4.54. The summed E-state index contributed by atoms with van der Waals surface area (Å²) in [7, 11) is 0. The van der Waals surface area contributed by atoms with Gasteiger partial charge in [0, 0.05) is 0 Å². The summed E-state index contributed by atoms with van der Waals surface area (Å²) < 4.78 is 38.2. The van der Waals surface area contributed by atoms with Crippen LogP contribution < -0.4 is 5.32 Å². The third kappa shape index (κ3) is 2.72. The van der Waals surface area contributed by atoms with E-state index in [2.05, 4.69) is 20.7 Å². The Balaban J connectivity index is 2.30. The molecule has 2 rings (SSSR count). The highest BCUT2D eigenvalue weighted by molar-refractivity contribution is 6.03. The van der Waals surface area contributed by atoms with Gasteiger partial charge in [-0.25, -0.2) is 0 Å². The van der Waals surface area contributed by atoms with Gasteiger partial charge in [0.15, 0.2) is 5.69 Å². The number of hydrogen-bond acceptors (Lipinski definition) is 3. The Kier molecular flexibility index (Phi) is 3.24. The molecule has 2 N–H and O–H groups in total. The number of benzene rings is 1. The normalized spacial score (nSPS) is 11.4. The summed E-state index contributed by atoms with van der Waals surface area (Å²) in [6.45, 7) is 1.52. The summed E-state index contributed by atoms with van der Waals surface area (Å²) in [4.78, 5) is 11.8. The molecule has 100 valence electrons. The number of amides is 1. The third-order valence-corrected chi connectivity index (χ3v) is 2.42. The number of anilines is 1. The minimum absolute atomic E-state index is 0.0445. The maximum Gasteiger partial charge on any atom is 0.418 e. The molecule has 19 heavy (non-hydrogen) atoms. The molecule has 2 aromatic rings. The van der Waals surface area contributed by atoms with Crippen molar-refractivity contribution in [2.24, 2.45) is 0 Å². The molecule has 1 heterocycles. The molecule has 1 amide bonds. The Morgan fingerprint density at radius 3 is 2.53 bits per heavy atom. The number of aryl methyl sites for hydroxylation is 1. The SMILES string of the molecule is Cc1n[nH]nc1C(=O)Nc1ccccc1C(F)(F)F. The van der Waals surface area contributed by atoms with Crippen LogP contribution in [0.15, 0.2) is 24.3 Å². The van der Waals surface area contributed by atoms with Gasteiger partial charge in [-0.15, -0.1) is 0 Å². The summed E-state index contributed by atoms with van der Waals surface area (Å²) in [6, 6.07) is 4.72. The van der Waals surface area contributed by atoms with Gasteiger partial charge >= 0.3 is 6.18 Å². The molecule has 0 saturated carbocycles. The van der Waals surface area contributed by atoms with Crippen LogP contribution in [0.1, 0.15) is 21.7 Å². The zero-order valence-electron chi connectivity index (χ0n) is 9.75. The van der Waals surface area contributed by atoms with Crippen molar-refractivity contribution in [1.82, 2.24) is 15.4 Å². The molecule has 8 heteroatoms. The van der Waals surface area contributed by atoms with Crippen molar-refractivity contribution in [2.75, 3.05) is 5.32 Å².